The molecule has 26 heavy (non-hydrogen) atoms. The summed E-state index contributed by atoms with van der Waals surface area (Å²) in [6, 6.07) is 30.3. The second-order valence-electron chi connectivity index (χ2n) is 6.41. The van der Waals surface area contributed by atoms with E-state index in [2.05, 4.69) is 91.9 Å². The average molecular weight is 362 g/mol. The average Bonchev–Trinajstić information content (AvgIpc) is 2.71. The molecule has 0 heterocycles. The van der Waals surface area contributed by atoms with Gasteiger partial charge in [-0.05, 0) is 42.4 Å². The van der Waals surface area contributed by atoms with Gasteiger partial charge in [-0.15, -0.1) is 0 Å². The van der Waals surface area contributed by atoms with E-state index in [-0.39, 0.29) is 0 Å². The number of rotatable bonds is 9. The lowest BCUT2D eigenvalue weighted by Gasteiger charge is -2.19. The van der Waals surface area contributed by atoms with Crippen LogP contribution in [0.3, 0.4) is 0 Å². The van der Waals surface area contributed by atoms with Gasteiger partial charge in [0.15, 0.2) is 0 Å². The second-order valence-corrected chi connectivity index (χ2v) is 8.63. The van der Waals surface area contributed by atoms with Crippen molar-refractivity contribution in [1.82, 2.24) is 0 Å². The highest BCUT2D eigenvalue weighted by molar-refractivity contribution is 7.79. The van der Waals surface area contributed by atoms with Gasteiger partial charge in [0.1, 0.15) is 5.75 Å². The van der Waals surface area contributed by atoms with E-state index in [0.29, 0.717) is 0 Å². The number of ether oxygens (including phenoxy) is 1. The molecule has 3 rings (SSSR count). The Bertz CT molecular complexity index is 714. The highest BCUT2D eigenvalue weighted by Gasteiger charge is 2.15. The van der Waals surface area contributed by atoms with Gasteiger partial charge in [-0.1, -0.05) is 99.0 Å². The minimum absolute atomic E-state index is 0.535. The molecule has 0 N–H and O–H groups in total. The smallest absolute Gasteiger partial charge is 0.119 e. The Morgan fingerprint density at radius 3 is 1.69 bits per heavy atom. The summed E-state index contributed by atoms with van der Waals surface area (Å²) in [6.07, 6.45) is 4.94. The Morgan fingerprint density at radius 1 is 0.615 bits per heavy atom. The van der Waals surface area contributed by atoms with Crippen LogP contribution in [0.15, 0.2) is 84.9 Å². The number of hydrogen-bond acceptors (Lipinski definition) is 1. The van der Waals surface area contributed by atoms with Gasteiger partial charge in [-0.2, -0.15) is 0 Å². The molecule has 0 unspecified atom stereocenters. The van der Waals surface area contributed by atoms with E-state index in [1.165, 1.54) is 35.2 Å². The summed E-state index contributed by atoms with van der Waals surface area (Å²) in [7, 11) is -0.535. The number of hydrogen-bond donors (Lipinski definition) is 0. The first kappa shape index (κ1) is 18.7. The van der Waals surface area contributed by atoms with Crippen LogP contribution in [0.5, 0.6) is 5.75 Å². The topological polar surface area (TPSA) is 9.23 Å². The van der Waals surface area contributed by atoms with Crippen LogP contribution in [0.1, 0.15) is 32.6 Å². The first-order valence-corrected chi connectivity index (χ1v) is 10.9. The molecule has 0 aromatic heterocycles. The molecule has 0 atom stereocenters. The van der Waals surface area contributed by atoms with Gasteiger partial charge in [0, 0.05) is 0 Å². The van der Waals surface area contributed by atoms with Crippen molar-refractivity contribution in [2.45, 2.75) is 32.6 Å². The molecule has 0 saturated carbocycles. The molecule has 3 aromatic carbocycles. The summed E-state index contributed by atoms with van der Waals surface area (Å²) in [5.74, 6) is 0.973. The molecule has 0 spiro atoms. The molecule has 0 bridgehead atoms. The molecule has 1 nitrogen and oxygen atoms in total. The third kappa shape index (κ3) is 5.19. The zero-order valence-corrected chi connectivity index (χ0v) is 16.4. The predicted octanol–water partition coefficient (Wildman–Crippen LogP) is 5.40. The lowest BCUT2D eigenvalue weighted by atomic mass is 10.2. The van der Waals surface area contributed by atoms with Crippen molar-refractivity contribution in [1.29, 1.82) is 0 Å². The highest BCUT2D eigenvalue weighted by atomic mass is 31.1. The molecular formula is C24H27OP. The maximum Gasteiger partial charge on any atom is 0.119 e. The fraction of sp³-hybridized carbons (Fsp3) is 0.250. The van der Waals surface area contributed by atoms with Crippen LogP contribution in [-0.2, 0) is 0 Å². The first-order chi connectivity index (χ1) is 12.9. The summed E-state index contributed by atoms with van der Waals surface area (Å²) in [5, 5.41) is 4.11. The molecule has 134 valence electrons. The highest BCUT2D eigenvalue weighted by Crippen LogP contribution is 2.33. The normalized spacial score (nSPS) is 10.8. The maximum absolute atomic E-state index is 5.91. The number of unbranched alkanes of at least 4 members (excludes halogenated alkanes) is 3. The van der Waals surface area contributed by atoms with E-state index >= 15 is 0 Å². The quantitative estimate of drug-likeness (QED) is 0.366. The molecular weight excluding hydrogens is 335 g/mol. The van der Waals surface area contributed by atoms with Crippen LogP contribution in [-0.4, -0.2) is 6.61 Å². The molecule has 0 radical (unpaired) electrons. The molecule has 0 saturated heterocycles. The van der Waals surface area contributed by atoms with E-state index in [1.54, 1.807) is 0 Å². The Balaban J connectivity index is 1.75. The standard InChI is InChI=1S/C24H27OP/c1-2-3-4-11-20-25-21-16-18-24(19-17-21)26(22-12-7-5-8-13-22)23-14-9-6-10-15-23/h5-10,12-19H,2-4,11,20H2,1H3. The van der Waals surface area contributed by atoms with Crippen LogP contribution < -0.4 is 20.7 Å². The van der Waals surface area contributed by atoms with Crippen molar-refractivity contribution < 1.29 is 4.74 Å². The van der Waals surface area contributed by atoms with Crippen LogP contribution in [0.25, 0.3) is 0 Å². The molecule has 3 aromatic rings. The monoisotopic (exact) mass is 362 g/mol. The fourth-order valence-corrected chi connectivity index (χ4v) is 5.29. The SMILES string of the molecule is CCCCCCOc1ccc(P(c2ccccc2)c2ccccc2)cc1. The molecule has 2 heteroatoms. The Labute approximate surface area is 158 Å². The van der Waals surface area contributed by atoms with Gasteiger partial charge >= 0.3 is 0 Å². The zero-order valence-electron chi connectivity index (χ0n) is 15.5. The Hall–Kier alpha value is -2.11. The summed E-state index contributed by atoms with van der Waals surface area (Å²) in [4.78, 5) is 0. The summed E-state index contributed by atoms with van der Waals surface area (Å²) < 4.78 is 5.91. The maximum atomic E-state index is 5.91. The van der Waals surface area contributed by atoms with Crippen molar-refractivity contribution in [2.75, 3.05) is 6.61 Å². The minimum Gasteiger partial charge on any atom is -0.494 e. The molecule has 0 aliphatic carbocycles. The van der Waals surface area contributed by atoms with Crippen molar-refractivity contribution >= 4 is 23.8 Å². The van der Waals surface area contributed by atoms with Crippen LogP contribution >= 0.6 is 7.92 Å². The van der Waals surface area contributed by atoms with E-state index in [4.69, 9.17) is 4.74 Å². The second kappa shape index (κ2) is 10.1. The summed E-state index contributed by atoms with van der Waals surface area (Å²) in [6.45, 7) is 3.04. The third-order valence-electron chi connectivity index (χ3n) is 4.39. The molecule has 0 aliphatic rings. The Morgan fingerprint density at radius 2 is 1.15 bits per heavy atom. The van der Waals surface area contributed by atoms with Gasteiger partial charge in [-0.3, -0.25) is 0 Å². The number of benzene rings is 3. The molecule has 0 fully saturated rings. The molecule has 0 aliphatic heterocycles. The lowest BCUT2D eigenvalue weighted by molar-refractivity contribution is 0.305. The minimum atomic E-state index is -0.535. The van der Waals surface area contributed by atoms with Gasteiger partial charge in [-0.25, -0.2) is 0 Å². The van der Waals surface area contributed by atoms with Gasteiger partial charge < -0.3 is 4.74 Å². The molecule has 0 amide bonds. The third-order valence-corrected chi connectivity index (χ3v) is 6.83. The van der Waals surface area contributed by atoms with E-state index in [1.807, 2.05) is 0 Å². The van der Waals surface area contributed by atoms with Crippen molar-refractivity contribution in [2.24, 2.45) is 0 Å². The van der Waals surface area contributed by atoms with Crippen molar-refractivity contribution in [3.63, 3.8) is 0 Å². The fourth-order valence-electron chi connectivity index (χ4n) is 3.01. The van der Waals surface area contributed by atoms with E-state index in [9.17, 15) is 0 Å². The predicted molar refractivity (Wildman–Crippen MR) is 115 cm³/mol. The zero-order chi connectivity index (χ0) is 18.0. The van der Waals surface area contributed by atoms with Gasteiger partial charge in [0.05, 0.1) is 6.61 Å². The van der Waals surface area contributed by atoms with Gasteiger partial charge in [0.25, 0.3) is 0 Å². The summed E-state index contributed by atoms with van der Waals surface area (Å²) >= 11 is 0. The van der Waals surface area contributed by atoms with Crippen molar-refractivity contribution in [3.05, 3.63) is 84.9 Å². The van der Waals surface area contributed by atoms with Crippen LogP contribution in [0.4, 0.5) is 0 Å². The summed E-state index contributed by atoms with van der Waals surface area (Å²) in [5.41, 5.74) is 0. The van der Waals surface area contributed by atoms with Crippen LogP contribution in [0, 0.1) is 0 Å². The van der Waals surface area contributed by atoms with Crippen molar-refractivity contribution in [3.8, 4) is 5.75 Å². The lowest BCUT2D eigenvalue weighted by Crippen LogP contribution is -2.20. The Kier molecular flexibility index (Phi) is 7.28. The van der Waals surface area contributed by atoms with E-state index < -0.39 is 7.92 Å². The van der Waals surface area contributed by atoms with Gasteiger partial charge in [0.2, 0.25) is 0 Å². The van der Waals surface area contributed by atoms with Crippen LogP contribution in [0.2, 0.25) is 0 Å². The largest absolute Gasteiger partial charge is 0.494 e. The first-order valence-electron chi connectivity index (χ1n) is 9.51. The van der Waals surface area contributed by atoms with E-state index in [0.717, 1.165) is 18.8 Å².